The van der Waals surface area contributed by atoms with Gasteiger partial charge in [0.2, 0.25) is 5.91 Å². The van der Waals surface area contributed by atoms with Gasteiger partial charge in [0.25, 0.3) is 0 Å². The average molecular weight is 483 g/mol. The largest absolute Gasteiger partial charge is 0.506 e. The van der Waals surface area contributed by atoms with Crippen LogP contribution in [0.15, 0.2) is 23.5 Å². The first-order chi connectivity index (χ1) is 16.3. The maximum atomic E-state index is 12.7. The number of rotatable bonds is 5. The number of hydrogen-bond acceptors (Lipinski definition) is 7. The molecular formula is C26H34N4O3S. The SMILES string of the molecule is CON=C1CC(CCC(=O)Nc2ncc(C)s2)C2C3CCc4cc(O)c(N)cc4C3CCC12C. The number of benzene rings is 1. The van der Waals surface area contributed by atoms with Crippen LogP contribution in [0.5, 0.6) is 5.75 Å². The number of nitrogens with one attached hydrogen (secondary N) is 1. The zero-order valence-electron chi connectivity index (χ0n) is 20.1. The Hall–Kier alpha value is -2.61. The molecule has 0 spiro atoms. The predicted molar refractivity (Wildman–Crippen MR) is 135 cm³/mol. The molecule has 0 bridgehead atoms. The Balaban J connectivity index is 1.39. The Morgan fingerprint density at radius 1 is 1.41 bits per heavy atom. The van der Waals surface area contributed by atoms with E-state index in [-0.39, 0.29) is 17.1 Å². The molecule has 2 saturated carbocycles. The monoisotopic (exact) mass is 482 g/mol. The third kappa shape index (κ3) is 3.96. The van der Waals surface area contributed by atoms with E-state index in [9.17, 15) is 9.90 Å². The van der Waals surface area contributed by atoms with Crippen LogP contribution in [-0.2, 0) is 16.1 Å². The van der Waals surface area contributed by atoms with Crippen LogP contribution in [0, 0.1) is 30.1 Å². The van der Waals surface area contributed by atoms with Crippen molar-refractivity contribution in [3.63, 3.8) is 0 Å². The van der Waals surface area contributed by atoms with Gasteiger partial charge in [-0.2, -0.15) is 0 Å². The van der Waals surface area contributed by atoms with Crippen LogP contribution in [0.1, 0.15) is 67.4 Å². The van der Waals surface area contributed by atoms with Crippen molar-refractivity contribution in [3.8, 4) is 5.75 Å². The minimum absolute atomic E-state index is 0.00922. The summed E-state index contributed by atoms with van der Waals surface area (Å²) < 4.78 is 0. The Morgan fingerprint density at radius 3 is 2.97 bits per heavy atom. The van der Waals surface area contributed by atoms with Gasteiger partial charge in [-0.25, -0.2) is 4.98 Å². The number of carbonyl (C=O) groups is 1. The fourth-order valence-corrected chi connectivity index (χ4v) is 7.82. The van der Waals surface area contributed by atoms with E-state index < -0.39 is 0 Å². The summed E-state index contributed by atoms with van der Waals surface area (Å²) in [6, 6.07) is 3.87. The van der Waals surface area contributed by atoms with Crippen molar-refractivity contribution < 1.29 is 14.7 Å². The molecule has 0 radical (unpaired) electrons. The molecule has 1 heterocycles. The lowest BCUT2D eigenvalue weighted by atomic mass is 9.54. The average Bonchev–Trinajstić information content (AvgIpc) is 3.33. The molecule has 8 heteroatoms. The Labute approximate surface area is 204 Å². The molecule has 34 heavy (non-hydrogen) atoms. The highest BCUT2D eigenvalue weighted by atomic mass is 32.1. The number of nitrogens with two attached hydrogens (primary N) is 1. The number of anilines is 2. The van der Waals surface area contributed by atoms with Gasteiger partial charge in [-0.3, -0.25) is 4.79 Å². The molecule has 2 aromatic rings. The lowest BCUT2D eigenvalue weighted by Crippen LogP contribution is -2.44. The van der Waals surface area contributed by atoms with Gasteiger partial charge in [0.05, 0.1) is 11.4 Å². The van der Waals surface area contributed by atoms with Crippen molar-refractivity contribution in [3.05, 3.63) is 34.3 Å². The molecule has 0 saturated heterocycles. The summed E-state index contributed by atoms with van der Waals surface area (Å²) in [5.74, 6) is 1.98. The highest BCUT2D eigenvalue weighted by Gasteiger charge is 2.57. The standard InChI is InChI=1S/C26H34N4O3S/c1-14-13-28-25(34-14)29-23(32)7-5-16-11-22(30-33-3)26(2)9-8-17-18(24(16)26)6-4-15-10-21(31)20(27)12-19(15)17/h10,12-13,16-18,24,31H,4-9,11,27H2,1-3H3,(H,28,29,32). The molecule has 182 valence electrons. The molecule has 1 aromatic heterocycles. The van der Waals surface area contributed by atoms with Crippen molar-refractivity contribution in [1.82, 2.24) is 4.98 Å². The molecule has 1 amide bonds. The first-order valence-electron chi connectivity index (χ1n) is 12.2. The van der Waals surface area contributed by atoms with Crippen molar-refractivity contribution in [1.29, 1.82) is 0 Å². The van der Waals surface area contributed by atoms with E-state index in [1.54, 1.807) is 13.3 Å². The predicted octanol–water partition coefficient (Wildman–Crippen LogP) is 5.24. The van der Waals surface area contributed by atoms with Crippen molar-refractivity contribution >= 4 is 33.8 Å². The highest BCUT2D eigenvalue weighted by Crippen LogP contribution is 2.62. The number of phenolic OH excluding ortho intramolecular Hbond substituents is 1. The zero-order valence-corrected chi connectivity index (χ0v) is 21.0. The van der Waals surface area contributed by atoms with Crippen LogP contribution in [0.4, 0.5) is 10.8 Å². The summed E-state index contributed by atoms with van der Waals surface area (Å²) in [5.41, 5.74) is 10.2. The van der Waals surface area contributed by atoms with Gasteiger partial charge in [0.15, 0.2) is 5.13 Å². The third-order valence-electron chi connectivity index (χ3n) is 8.56. The molecule has 4 N–H and O–H groups in total. The molecule has 3 aliphatic carbocycles. The van der Waals surface area contributed by atoms with E-state index in [4.69, 9.17) is 10.6 Å². The number of nitrogen functional groups attached to an aromatic ring is 1. The summed E-state index contributed by atoms with van der Waals surface area (Å²) in [4.78, 5) is 23.3. The Kier molecular flexibility index (Phi) is 6.04. The van der Waals surface area contributed by atoms with Gasteiger partial charge < -0.3 is 21.0 Å². The van der Waals surface area contributed by atoms with E-state index >= 15 is 0 Å². The summed E-state index contributed by atoms with van der Waals surface area (Å²) in [7, 11) is 1.62. The number of aromatic hydroxyl groups is 1. The summed E-state index contributed by atoms with van der Waals surface area (Å²) in [5, 5.41) is 18.3. The smallest absolute Gasteiger partial charge is 0.226 e. The lowest BCUT2D eigenvalue weighted by molar-refractivity contribution is -0.116. The van der Waals surface area contributed by atoms with Gasteiger partial charge in [-0.1, -0.05) is 12.1 Å². The second kappa shape index (κ2) is 8.87. The first-order valence-corrected chi connectivity index (χ1v) is 13.1. The molecule has 7 nitrogen and oxygen atoms in total. The van der Waals surface area contributed by atoms with Crippen LogP contribution in [0.2, 0.25) is 0 Å². The molecule has 3 aliphatic rings. The molecule has 1 aromatic carbocycles. The summed E-state index contributed by atoms with van der Waals surface area (Å²) in [6.07, 6.45) is 8.12. The molecule has 0 aliphatic heterocycles. The van der Waals surface area contributed by atoms with E-state index in [0.29, 0.717) is 40.9 Å². The zero-order chi connectivity index (χ0) is 24.0. The second-order valence-electron chi connectivity index (χ2n) is 10.4. The van der Waals surface area contributed by atoms with Crippen LogP contribution in [-0.4, -0.2) is 28.8 Å². The number of aryl methyl sites for hydroxylation is 2. The number of aromatic nitrogens is 1. The fraction of sp³-hybridized carbons (Fsp3) is 0.577. The van der Waals surface area contributed by atoms with Crippen LogP contribution in [0.3, 0.4) is 0 Å². The number of oxime groups is 1. The topological polar surface area (TPSA) is 110 Å². The molecule has 5 atom stereocenters. The number of amides is 1. The fourth-order valence-electron chi connectivity index (χ4n) is 7.13. The van der Waals surface area contributed by atoms with Crippen LogP contribution in [0.25, 0.3) is 0 Å². The number of thiazole rings is 1. The third-order valence-corrected chi connectivity index (χ3v) is 9.39. The normalized spacial score (nSPS) is 31.0. The minimum atomic E-state index is -0.00922. The molecule has 2 fully saturated rings. The highest BCUT2D eigenvalue weighted by molar-refractivity contribution is 7.15. The summed E-state index contributed by atoms with van der Waals surface area (Å²) >= 11 is 1.50. The van der Waals surface area contributed by atoms with E-state index in [1.165, 1.54) is 22.5 Å². The molecular weight excluding hydrogens is 448 g/mol. The quantitative estimate of drug-likeness (QED) is 0.307. The van der Waals surface area contributed by atoms with Gasteiger partial charge in [-0.15, -0.1) is 11.3 Å². The van der Waals surface area contributed by atoms with E-state index in [0.717, 1.165) is 49.1 Å². The van der Waals surface area contributed by atoms with Gasteiger partial charge in [0, 0.05) is 22.9 Å². The van der Waals surface area contributed by atoms with Crippen molar-refractivity contribution in [2.45, 2.75) is 64.7 Å². The van der Waals surface area contributed by atoms with Gasteiger partial charge in [0.1, 0.15) is 12.9 Å². The van der Waals surface area contributed by atoms with Crippen LogP contribution >= 0.6 is 11.3 Å². The van der Waals surface area contributed by atoms with Crippen molar-refractivity contribution in [2.75, 3.05) is 18.2 Å². The number of fused-ring (bicyclic) bond motifs is 5. The number of nitrogens with zero attached hydrogens (tertiary/aromatic N) is 2. The number of hydrogen-bond donors (Lipinski definition) is 3. The molecule has 5 unspecified atom stereocenters. The maximum absolute atomic E-state index is 12.7. The maximum Gasteiger partial charge on any atom is 0.226 e. The van der Waals surface area contributed by atoms with E-state index in [1.807, 2.05) is 19.1 Å². The second-order valence-corrected chi connectivity index (χ2v) is 11.7. The molecule has 5 rings (SSSR count). The Bertz CT molecular complexity index is 1130. The van der Waals surface area contributed by atoms with Crippen LogP contribution < -0.4 is 11.1 Å². The number of carbonyl (C=O) groups excluding carboxylic acids is 1. The first kappa shape index (κ1) is 23.1. The number of phenols is 1. The lowest BCUT2D eigenvalue weighted by Gasteiger charge is -2.50. The minimum Gasteiger partial charge on any atom is -0.506 e. The van der Waals surface area contributed by atoms with Crippen molar-refractivity contribution in [2.24, 2.45) is 28.3 Å². The Morgan fingerprint density at radius 2 is 2.24 bits per heavy atom. The van der Waals surface area contributed by atoms with E-state index in [2.05, 4.69) is 22.4 Å². The summed E-state index contributed by atoms with van der Waals surface area (Å²) in [6.45, 7) is 4.34. The van der Waals surface area contributed by atoms with Gasteiger partial charge in [-0.05, 0) is 92.4 Å². The van der Waals surface area contributed by atoms with Gasteiger partial charge >= 0.3 is 0 Å².